The summed E-state index contributed by atoms with van der Waals surface area (Å²) < 4.78 is 16.1. The number of thiophene rings is 1. The maximum atomic E-state index is 14.0. The molecule has 3 heterocycles. The number of pyridine rings is 1. The zero-order chi connectivity index (χ0) is 25.4. The lowest BCUT2D eigenvalue weighted by Gasteiger charge is -2.34. The van der Waals surface area contributed by atoms with Gasteiger partial charge in [-0.15, -0.1) is 0 Å². The average molecular weight is 616 g/mol. The number of benzene rings is 2. The molecule has 1 atom stereocenters. The van der Waals surface area contributed by atoms with E-state index in [1.165, 1.54) is 29.5 Å². The van der Waals surface area contributed by atoms with Crippen molar-refractivity contribution in [1.29, 1.82) is 0 Å². The number of carbonyl (C=O) groups is 1. The quantitative estimate of drug-likeness (QED) is 0.118. The predicted molar refractivity (Wildman–Crippen MR) is 154 cm³/mol. The summed E-state index contributed by atoms with van der Waals surface area (Å²) in [4.78, 5) is 30.0. The molecule has 5 rings (SSSR count). The van der Waals surface area contributed by atoms with E-state index in [-0.39, 0.29) is 23.2 Å². The van der Waals surface area contributed by atoms with Gasteiger partial charge in [0.15, 0.2) is 5.78 Å². The number of ketones is 1. The molecule has 0 spiro atoms. The van der Waals surface area contributed by atoms with Crippen LogP contribution in [0.4, 0.5) is 9.39 Å². The van der Waals surface area contributed by atoms with Gasteiger partial charge in [-0.1, -0.05) is 52.1 Å². The molecule has 186 valence electrons. The number of nitrogens with one attached hydrogen (secondary N) is 1. The minimum atomic E-state index is -0.339. The van der Waals surface area contributed by atoms with Gasteiger partial charge in [-0.25, -0.2) is 4.39 Å². The molecule has 1 fully saturated rings. The fraction of sp³-hybridized carbons (Fsp3) is 0.286. The Bertz CT molecular complexity index is 1470. The van der Waals surface area contributed by atoms with Crippen LogP contribution < -0.4 is 10.9 Å². The van der Waals surface area contributed by atoms with Crippen LogP contribution >= 0.6 is 33.9 Å². The van der Waals surface area contributed by atoms with Crippen LogP contribution in [0.15, 0.2) is 65.5 Å². The molecular formula is C28H27FIN3O2S. The lowest BCUT2D eigenvalue weighted by molar-refractivity contribution is 0.104. The van der Waals surface area contributed by atoms with E-state index in [4.69, 9.17) is 0 Å². The van der Waals surface area contributed by atoms with Crippen LogP contribution in [0.25, 0.3) is 15.9 Å². The van der Waals surface area contributed by atoms with Crippen molar-refractivity contribution < 1.29 is 9.18 Å². The van der Waals surface area contributed by atoms with Crippen molar-refractivity contribution in [1.82, 2.24) is 9.47 Å². The van der Waals surface area contributed by atoms with Gasteiger partial charge in [0.05, 0.1) is 15.3 Å². The molecule has 0 bridgehead atoms. The number of para-hydroxylation sites is 1. The first kappa shape index (κ1) is 25.1. The lowest BCUT2D eigenvalue weighted by atomic mass is 9.99. The predicted octanol–water partition coefficient (Wildman–Crippen LogP) is 6.39. The van der Waals surface area contributed by atoms with Crippen molar-refractivity contribution in [2.45, 2.75) is 36.8 Å². The first-order valence-corrected chi connectivity index (χ1v) is 14.1. The second kappa shape index (κ2) is 10.4. The Kier molecular flexibility index (Phi) is 7.28. The SMILES string of the molecule is Cc1cc(C(=O)c2c(NC3CCN(C(C)I)CC3)sc3c2ccc(=O)n3-c2ccccc2)ccc1F. The Labute approximate surface area is 227 Å². The van der Waals surface area contributed by atoms with E-state index >= 15 is 0 Å². The molecular weight excluding hydrogens is 588 g/mol. The molecule has 0 saturated carbocycles. The maximum absolute atomic E-state index is 14.0. The van der Waals surface area contributed by atoms with Crippen LogP contribution in [-0.4, -0.2) is 38.4 Å². The first-order chi connectivity index (χ1) is 17.3. The number of anilines is 1. The summed E-state index contributed by atoms with van der Waals surface area (Å²) in [6, 6.07) is 17.4. The fourth-order valence-corrected chi connectivity index (χ4v) is 6.59. The minimum Gasteiger partial charge on any atom is -0.373 e. The van der Waals surface area contributed by atoms with E-state index in [2.05, 4.69) is 39.7 Å². The van der Waals surface area contributed by atoms with Crippen molar-refractivity contribution in [2.24, 2.45) is 0 Å². The van der Waals surface area contributed by atoms with E-state index in [0.29, 0.717) is 20.7 Å². The molecule has 2 aromatic carbocycles. The highest BCUT2D eigenvalue weighted by molar-refractivity contribution is 14.1. The molecule has 1 aliphatic heterocycles. The molecule has 0 radical (unpaired) electrons. The standard InChI is InChI=1S/C28H27FIN3O2S/c1-17-16-19(8-10-23(17)29)26(35)25-22-9-11-24(34)33(21-6-4-3-5-7-21)28(22)36-27(25)31-20-12-14-32(15-13-20)18(2)30/h3-11,16,18,20,31H,12-15H2,1-2H3. The van der Waals surface area contributed by atoms with Gasteiger partial charge in [-0.3, -0.25) is 19.1 Å². The molecule has 0 aliphatic carbocycles. The van der Waals surface area contributed by atoms with Crippen molar-refractivity contribution in [3.05, 3.63) is 93.5 Å². The van der Waals surface area contributed by atoms with Crippen LogP contribution in [0.2, 0.25) is 0 Å². The van der Waals surface area contributed by atoms with Crippen molar-refractivity contribution in [3.8, 4) is 5.69 Å². The van der Waals surface area contributed by atoms with Crippen LogP contribution in [0.1, 0.15) is 41.3 Å². The van der Waals surface area contributed by atoms with E-state index in [1.54, 1.807) is 23.6 Å². The highest BCUT2D eigenvalue weighted by atomic mass is 127. The number of hydrogen-bond acceptors (Lipinski definition) is 5. The van der Waals surface area contributed by atoms with Gasteiger partial charge in [0.2, 0.25) is 0 Å². The second-order valence-electron chi connectivity index (χ2n) is 9.19. The number of carbonyl (C=O) groups excluding carboxylic acids is 1. The third-order valence-electron chi connectivity index (χ3n) is 6.77. The number of piperidine rings is 1. The van der Waals surface area contributed by atoms with E-state index in [9.17, 15) is 14.0 Å². The molecule has 2 aromatic heterocycles. The Morgan fingerprint density at radius 3 is 2.50 bits per heavy atom. The van der Waals surface area contributed by atoms with Crippen LogP contribution in [0.3, 0.4) is 0 Å². The van der Waals surface area contributed by atoms with E-state index < -0.39 is 0 Å². The third-order valence-corrected chi connectivity index (χ3v) is 8.68. The lowest BCUT2D eigenvalue weighted by Crippen LogP contribution is -2.41. The van der Waals surface area contributed by atoms with Gasteiger partial charge in [0.25, 0.3) is 5.56 Å². The second-order valence-corrected chi connectivity index (χ2v) is 12.0. The van der Waals surface area contributed by atoms with Crippen molar-refractivity contribution in [3.63, 3.8) is 0 Å². The number of likely N-dealkylation sites (tertiary alicyclic amines) is 1. The topological polar surface area (TPSA) is 54.3 Å². The minimum absolute atomic E-state index is 0.150. The molecule has 5 nitrogen and oxygen atoms in total. The molecule has 8 heteroatoms. The summed E-state index contributed by atoms with van der Waals surface area (Å²) >= 11 is 3.88. The molecule has 1 saturated heterocycles. The monoisotopic (exact) mass is 615 g/mol. The number of fused-ring (bicyclic) bond motifs is 1. The zero-order valence-electron chi connectivity index (χ0n) is 20.1. The summed E-state index contributed by atoms with van der Waals surface area (Å²) in [5.41, 5.74) is 2.00. The Morgan fingerprint density at radius 1 is 1.11 bits per heavy atom. The molecule has 1 aliphatic rings. The first-order valence-electron chi connectivity index (χ1n) is 12.0. The van der Waals surface area contributed by atoms with E-state index in [0.717, 1.165) is 46.8 Å². The van der Waals surface area contributed by atoms with Crippen LogP contribution in [0, 0.1) is 12.7 Å². The molecule has 1 unspecified atom stereocenters. The number of halogens is 2. The van der Waals surface area contributed by atoms with Crippen molar-refractivity contribution >= 4 is 54.9 Å². The number of alkyl halides is 1. The third kappa shape index (κ3) is 4.86. The van der Waals surface area contributed by atoms with E-state index in [1.807, 2.05) is 30.3 Å². The van der Waals surface area contributed by atoms with Gasteiger partial charge in [-0.05, 0) is 68.7 Å². The molecule has 4 aromatic rings. The van der Waals surface area contributed by atoms with Crippen LogP contribution in [-0.2, 0) is 0 Å². The van der Waals surface area contributed by atoms with Gasteiger partial charge in [0.1, 0.15) is 15.6 Å². The summed E-state index contributed by atoms with van der Waals surface area (Å²) in [6.45, 7) is 5.83. The molecule has 0 amide bonds. The molecule has 1 N–H and O–H groups in total. The van der Waals surface area contributed by atoms with Gasteiger partial charge < -0.3 is 5.32 Å². The maximum Gasteiger partial charge on any atom is 0.256 e. The number of aromatic nitrogens is 1. The number of aryl methyl sites for hydroxylation is 1. The Morgan fingerprint density at radius 2 is 1.83 bits per heavy atom. The number of rotatable bonds is 6. The largest absolute Gasteiger partial charge is 0.373 e. The number of hydrogen-bond donors (Lipinski definition) is 1. The summed E-state index contributed by atoms with van der Waals surface area (Å²) in [5.74, 6) is -0.516. The van der Waals surface area contributed by atoms with Gasteiger partial charge >= 0.3 is 0 Å². The zero-order valence-corrected chi connectivity index (χ0v) is 23.1. The Hall–Kier alpha value is -2.56. The average Bonchev–Trinajstić information content (AvgIpc) is 3.23. The van der Waals surface area contributed by atoms with Crippen molar-refractivity contribution in [2.75, 3.05) is 18.4 Å². The van der Waals surface area contributed by atoms with Gasteiger partial charge in [0, 0.05) is 36.1 Å². The summed E-state index contributed by atoms with van der Waals surface area (Å²) in [7, 11) is 0. The normalized spacial score (nSPS) is 15.8. The van der Waals surface area contributed by atoms with Gasteiger partial charge in [-0.2, -0.15) is 0 Å². The highest BCUT2D eigenvalue weighted by Gasteiger charge is 2.27. The highest BCUT2D eigenvalue weighted by Crippen LogP contribution is 2.39. The Balaban J connectivity index is 1.63. The summed E-state index contributed by atoms with van der Waals surface area (Å²) in [6.07, 6.45) is 1.94. The van der Waals surface area contributed by atoms with Crippen LogP contribution in [0.5, 0.6) is 0 Å². The fourth-order valence-electron chi connectivity index (χ4n) is 4.75. The smallest absolute Gasteiger partial charge is 0.256 e. The number of nitrogens with zero attached hydrogens (tertiary/aromatic N) is 2. The summed E-state index contributed by atoms with van der Waals surface area (Å²) in [5, 5.41) is 5.13. The molecule has 36 heavy (non-hydrogen) atoms.